The maximum absolute atomic E-state index is 6.13. The summed E-state index contributed by atoms with van der Waals surface area (Å²) in [6.07, 6.45) is 3.38. The summed E-state index contributed by atoms with van der Waals surface area (Å²) in [4.78, 5) is 28.8. The van der Waals surface area contributed by atoms with Crippen LogP contribution in [-0.4, -0.2) is 29.9 Å². The van der Waals surface area contributed by atoms with Gasteiger partial charge in [-0.3, -0.25) is 4.98 Å². The molecule has 0 aliphatic rings. The molecule has 47 heavy (non-hydrogen) atoms. The maximum Gasteiger partial charge on any atom is 0.164 e. The van der Waals surface area contributed by atoms with Gasteiger partial charge in [0.2, 0.25) is 0 Å². The van der Waals surface area contributed by atoms with Gasteiger partial charge in [0.1, 0.15) is 28.9 Å². The summed E-state index contributed by atoms with van der Waals surface area (Å²) in [5.41, 5.74) is 8.74. The monoisotopic (exact) mass is 604 g/mol. The van der Waals surface area contributed by atoms with Gasteiger partial charge in [-0.15, -0.1) is 0 Å². The van der Waals surface area contributed by atoms with Crippen LogP contribution >= 0.6 is 0 Å². The maximum atomic E-state index is 6.13. The zero-order chi connectivity index (χ0) is 31.2. The number of fused-ring (bicyclic) bond motifs is 4. The van der Waals surface area contributed by atoms with E-state index in [9.17, 15) is 0 Å². The van der Waals surface area contributed by atoms with Crippen LogP contribution in [0.3, 0.4) is 0 Å². The molecule has 4 heterocycles. The second kappa shape index (κ2) is 11.1. The molecule has 0 radical (unpaired) electrons. The van der Waals surface area contributed by atoms with Crippen molar-refractivity contribution < 1.29 is 4.42 Å². The molecule has 4 aromatic heterocycles. The Morgan fingerprint density at radius 1 is 0.404 bits per heavy atom. The lowest BCUT2D eigenvalue weighted by Crippen LogP contribution is -2.00. The summed E-state index contributed by atoms with van der Waals surface area (Å²) in [5, 5.41) is 2.87. The van der Waals surface area contributed by atoms with Crippen LogP contribution in [-0.2, 0) is 0 Å². The molecule has 0 N–H and O–H groups in total. The van der Waals surface area contributed by atoms with Crippen LogP contribution in [0.1, 0.15) is 0 Å². The van der Waals surface area contributed by atoms with Gasteiger partial charge < -0.3 is 4.42 Å². The van der Waals surface area contributed by atoms with Crippen LogP contribution in [0.25, 0.3) is 89.5 Å². The summed E-state index contributed by atoms with van der Waals surface area (Å²) in [7, 11) is 0. The molecule has 0 saturated heterocycles. The van der Waals surface area contributed by atoms with Crippen molar-refractivity contribution in [2.24, 2.45) is 0 Å². The zero-order valence-electron chi connectivity index (χ0n) is 24.9. The molecule has 0 spiro atoms. The Labute approximate surface area is 269 Å². The van der Waals surface area contributed by atoms with Gasteiger partial charge in [0.05, 0.1) is 10.9 Å². The summed E-state index contributed by atoms with van der Waals surface area (Å²) in [6.45, 7) is 0. The molecule has 9 rings (SSSR count). The predicted octanol–water partition coefficient (Wildman–Crippen LogP) is 9.44. The number of aromatic nitrogens is 6. The van der Waals surface area contributed by atoms with Crippen molar-refractivity contribution >= 4 is 32.8 Å². The summed E-state index contributed by atoms with van der Waals surface area (Å²) >= 11 is 0. The van der Waals surface area contributed by atoms with E-state index in [0.717, 1.165) is 72.0 Å². The first-order chi connectivity index (χ1) is 23.3. The fraction of sp³-hybridized carbons (Fsp3) is 0. The fourth-order valence-corrected chi connectivity index (χ4v) is 6.10. The average molecular weight is 605 g/mol. The van der Waals surface area contributed by atoms with E-state index < -0.39 is 0 Å². The molecule has 0 amide bonds. The van der Waals surface area contributed by atoms with Gasteiger partial charge in [0.25, 0.3) is 0 Å². The number of rotatable bonds is 5. The highest BCUT2D eigenvalue weighted by molar-refractivity contribution is 6.13. The second-order valence-corrected chi connectivity index (χ2v) is 11.2. The minimum Gasteiger partial charge on any atom is -0.456 e. The molecule has 5 aromatic carbocycles. The first-order valence-electron chi connectivity index (χ1n) is 15.3. The van der Waals surface area contributed by atoms with Crippen molar-refractivity contribution in [2.75, 3.05) is 0 Å². The van der Waals surface area contributed by atoms with Crippen LogP contribution < -0.4 is 0 Å². The van der Waals surface area contributed by atoms with Gasteiger partial charge >= 0.3 is 0 Å². The first kappa shape index (κ1) is 26.8. The molecule has 0 saturated carbocycles. The lowest BCUT2D eigenvalue weighted by Gasteiger charge is -2.11. The van der Waals surface area contributed by atoms with Crippen molar-refractivity contribution in [1.82, 2.24) is 29.9 Å². The first-order valence-corrected chi connectivity index (χ1v) is 15.3. The van der Waals surface area contributed by atoms with Gasteiger partial charge in [-0.05, 0) is 17.7 Å². The van der Waals surface area contributed by atoms with Gasteiger partial charge in [0.15, 0.2) is 17.5 Å². The number of benzene rings is 5. The van der Waals surface area contributed by atoms with Crippen LogP contribution in [0, 0.1) is 0 Å². The molecule has 0 unspecified atom stereocenters. The van der Waals surface area contributed by atoms with Crippen LogP contribution in [0.5, 0.6) is 0 Å². The van der Waals surface area contributed by atoms with Gasteiger partial charge in [-0.1, -0.05) is 121 Å². The van der Waals surface area contributed by atoms with E-state index in [2.05, 4.69) is 36.4 Å². The Bertz CT molecular complexity index is 2510. The van der Waals surface area contributed by atoms with E-state index in [0.29, 0.717) is 17.5 Å². The Kier molecular flexibility index (Phi) is 6.31. The normalized spacial score (nSPS) is 11.4. The largest absolute Gasteiger partial charge is 0.456 e. The molecule has 0 fully saturated rings. The zero-order valence-corrected chi connectivity index (χ0v) is 24.9. The Hall–Kier alpha value is -6.60. The molecular weight excluding hydrogens is 580 g/mol. The van der Waals surface area contributed by atoms with Crippen molar-refractivity contribution in [3.8, 4) is 56.7 Å². The third-order valence-electron chi connectivity index (χ3n) is 8.33. The van der Waals surface area contributed by atoms with Crippen molar-refractivity contribution in [2.45, 2.75) is 0 Å². The minimum atomic E-state index is 0.610. The number of hydrogen-bond acceptors (Lipinski definition) is 7. The number of hydrogen-bond donors (Lipinski definition) is 0. The molecule has 0 aliphatic heterocycles. The third kappa shape index (κ3) is 4.69. The topological polar surface area (TPSA) is 90.5 Å². The molecule has 0 bridgehead atoms. The predicted molar refractivity (Wildman–Crippen MR) is 185 cm³/mol. The van der Waals surface area contributed by atoms with E-state index in [1.54, 1.807) is 12.5 Å². The third-order valence-corrected chi connectivity index (χ3v) is 8.33. The van der Waals surface area contributed by atoms with Gasteiger partial charge in [-0.25, -0.2) is 24.9 Å². The van der Waals surface area contributed by atoms with Crippen molar-refractivity contribution in [1.29, 1.82) is 0 Å². The number of furan rings is 1. The smallest absolute Gasteiger partial charge is 0.164 e. The summed E-state index contributed by atoms with van der Waals surface area (Å²) in [6, 6.07) is 44.3. The van der Waals surface area contributed by atoms with E-state index in [4.69, 9.17) is 34.3 Å². The van der Waals surface area contributed by atoms with Gasteiger partial charge in [-0.2, -0.15) is 0 Å². The standard InChI is InChI=1S/C40H24N6O/c1-3-10-26(11-4-1)38-44-39(27-12-5-2-6-13-27)46-40(45-38)28-20-18-25(19-21-28)29-15-9-16-31-35(29)42-24-43-36(31)37-34-30-14-7-8-17-32(30)47-33(34)22-23-41-37/h1-24H. The van der Waals surface area contributed by atoms with Crippen LogP contribution in [0.2, 0.25) is 0 Å². The lowest BCUT2D eigenvalue weighted by molar-refractivity contribution is 0.668. The summed E-state index contributed by atoms with van der Waals surface area (Å²) in [5.74, 6) is 1.87. The Balaban J connectivity index is 1.14. The minimum absolute atomic E-state index is 0.610. The molecule has 220 valence electrons. The number of para-hydroxylation sites is 2. The average Bonchev–Trinajstić information content (AvgIpc) is 3.54. The number of nitrogens with zero attached hydrogens (tertiary/aromatic N) is 6. The SMILES string of the molecule is c1ccc(-c2nc(-c3ccccc3)nc(-c3ccc(-c4cccc5c(-c6nccc7oc8ccccc8c67)ncnc45)cc3)n2)cc1. The number of pyridine rings is 1. The molecule has 0 aliphatic carbocycles. The van der Waals surface area contributed by atoms with E-state index in [1.165, 1.54) is 0 Å². The van der Waals surface area contributed by atoms with Gasteiger partial charge in [0, 0.05) is 39.2 Å². The van der Waals surface area contributed by atoms with Crippen LogP contribution in [0.15, 0.2) is 150 Å². The van der Waals surface area contributed by atoms with E-state index >= 15 is 0 Å². The Morgan fingerprint density at radius 3 is 1.70 bits per heavy atom. The van der Waals surface area contributed by atoms with E-state index in [1.807, 2.05) is 97.1 Å². The second-order valence-electron chi connectivity index (χ2n) is 11.2. The Morgan fingerprint density at radius 2 is 1.00 bits per heavy atom. The summed E-state index contributed by atoms with van der Waals surface area (Å²) < 4.78 is 6.13. The molecule has 7 nitrogen and oxygen atoms in total. The lowest BCUT2D eigenvalue weighted by atomic mass is 9.98. The molecular formula is C40H24N6O. The van der Waals surface area contributed by atoms with Crippen molar-refractivity contribution in [3.63, 3.8) is 0 Å². The van der Waals surface area contributed by atoms with E-state index in [-0.39, 0.29) is 0 Å². The highest BCUT2D eigenvalue weighted by Gasteiger charge is 2.18. The van der Waals surface area contributed by atoms with Crippen LogP contribution in [0.4, 0.5) is 0 Å². The molecule has 0 atom stereocenters. The van der Waals surface area contributed by atoms with Crippen molar-refractivity contribution in [3.05, 3.63) is 146 Å². The fourth-order valence-electron chi connectivity index (χ4n) is 6.10. The highest BCUT2D eigenvalue weighted by atomic mass is 16.3. The molecule has 9 aromatic rings. The highest BCUT2D eigenvalue weighted by Crippen LogP contribution is 2.38. The quantitative estimate of drug-likeness (QED) is 0.193. The molecule has 7 heteroatoms.